The van der Waals surface area contributed by atoms with Crippen LogP contribution in [-0.2, 0) is 6.54 Å². The molecule has 102 valence electrons. The minimum atomic E-state index is 0.586. The van der Waals surface area contributed by atoms with Crippen molar-refractivity contribution < 1.29 is 4.52 Å². The van der Waals surface area contributed by atoms with Gasteiger partial charge < -0.3 is 9.84 Å². The van der Waals surface area contributed by atoms with Crippen LogP contribution >= 0.6 is 0 Å². The standard InChI is InChI=1S/C14H25N3O/c1-4-5-12-9-17(10-13-6-7-16-18-13)14(8-15-12)11(2)3/h6-7,11-12,14-15H,4-5,8-10H2,1-3H3. The van der Waals surface area contributed by atoms with Crippen LogP contribution in [0.5, 0.6) is 0 Å². The van der Waals surface area contributed by atoms with E-state index in [1.54, 1.807) is 6.20 Å². The van der Waals surface area contributed by atoms with Gasteiger partial charge in [-0.15, -0.1) is 0 Å². The number of piperazine rings is 1. The van der Waals surface area contributed by atoms with Crippen molar-refractivity contribution in [3.05, 3.63) is 18.0 Å². The average molecular weight is 251 g/mol. The second-order valence-corrected chi connectivity index (χ2v) is 5.61. The fourth-order valence-electron chi connectivity index (χ4n) is 2.80. The molecule has 0 spiro atoms. The third-order valence-corrected chi connectivity index (χ3v) is 3.80. The van der Waals surface area contributed by atoms with Gasteiger partial charge in [-0.25, -0.2) is 0 Å². The van der Waals surface area contributed by atoms with Crippen LogP contribution in [0.1, 0.15) is 39.4 Å². The van der Waals surface area contributed by atoms with Gasteiger partial charge in [0, 0.05) is 31.2 Å². The predicted octanol–water partition coefficient (Wildman–Crippen LogP) is 2.27. The zero-order valence-electron chi connectivity index (χ0n) is 11.7. The molecule has 1 fully saturated rings. The van der Waals surface area contributed by atoms with E-state index < -0.39 is 0 Å². The van der Waals surface area contributed by atoms with Crippen molar-refractivity contribution in [3.8, 4) is 0 Å². The van der Waals surface area contributed by atoms with E-state index in [9.17, 15) is 0 Å². The minimum absolute atomic E-state index is 0.586. The van der Waals surface area contributed by atoms with Crippen LogP contribution in [0.2, 0.25) is 0 Å². The highest BCUT2D eigenvalue weighted by Crippen LogP contribution is 2.19. The molecule has 1 aromatic rings. The maximum Gasteiger partial charge on any atom is 0.150 e. The minimum Gasteiger partial charge on any atom is -0.360 e. The number of nitrogens with one attached hydrogen (secondary N) is 1. The second kappa shape index (κ2) is 6.34. The van der Waals surface area contributed by atoms with E-state index in [1.165, 1.54) is 12.8 Å². The Kier molecular flexibility index (Phi) is 4.78. The summed E-state index contributed by atoms with van der Waals surface area (Å²) in [6.45, 7) is 9.90. The first-order valence-electron chi connectivity index (χ1n) is 7.07. The van der Waals surface area contributed by atoms with Crippen molar-refractivity contribution in [2.45, 2.75) is 52.2 Å². The number of hydrogen-bond donors (Lipinski definition) is 1. The van der Waals surface area contributed by atoms with Crippen molar-refractivity contribution in [2.75, 3.05) is 13.1 Å². The summed E-state index contributed by atoms with van der Waals surface area (Å²) < 4.78 is 5.25. The van der Waals surface area contributed by atoms with Gasteiger partial charge >= 0.3 is 0 Å². The van der Waals surface area contributed by atoms with Gasteiger partial charge in [0.15, 0.2) is 5.76 Å². The summed E-state index contributed by atoms with van der Waals surface area (Å²) >= 11 is 0. The first kappa shape index (κ1) is 13.6. The van der Waals surface area contributed by atoms with Gasteiger partial charge in [-0.05, 0) is 12.3 Å². The molecule has 1 saturated heterocycles. The summed E-state index contributed by atoms with van der Waals surface area (Å²) in [6.07, 6.45) is 4.21. The summed E-state index contributed by atoms with van der Waals surface area (Å²) in [5, 5.41) is 7.47. The Morgan fingerprint density at radius 1 is 1.56 bits per heavy atom. The van der Waals surface area contributed by atoms with Gasteiger partial charge in [-0.3, -0.25) is 4.90 Å². The number of aromatic nitrogens is 1. The number of hydrogen-bond acceptors (Lipinski definition) is 4. The molecule has 0 amide bonds. The zero-order valence-corrected chi connectivity index (χ0v) is 11.7. The second-order valence-electron chi connectivity index (χ2n) is 5.61. The molecular formula is C14H25N3O. The van der Waals surface area contributed by atoms with Crippen molar-refractivity contribution in [3.63, 3.8) is 0 Å². The smallest absolute Gasteiger partial charge is 0.150 e. The van der Waals surface area contributed by atoms with Gasteiger partial charge in [0.25, 0.3) is 0 Å². The van der Waals surface area contributed by atoms with Crippen molar-refractivity contribution >= 4 is 0 Å². The predicted molar refractivity (Wildman–Crippen MR) is 72.2 cm³/mol. The molecular weight excluding hydrogens is 226 g/mol. The Hall–Kier alpha value is -0.870. The fourth-order valence-corrected chi connectivity index (χ4v) is 2.80. The average Bonchev–Trinajstić information content (AvgIpc) is 2.82. The normalized spacial score (nSPS) is 25.8. The molecule has 2 rings (SSSR count). The van der Waals surface area contributed by atoms with Crippen LogP contribution < -0.4 is 5.32 Å². The molecule has 0 radical (unpaired) electrons. The molecule has 0 aromatic carbocycles. The maximum atomic E-state index is 5.25. The van der Waals surface area contributed by atoms with Crippen molar-refractivity contribution in [1.82, 2.24) is 15.4 Å². The molecule has 18 heavy (non-hydrogen) atoms. The van der Waals surface area contributed by atoms with E-state index in [2.05, 4.69) is 36.1 Å². The van der Waals surface area contributed by atoms with E-state index in [-0.39, 0.29) is 0 Å². The lowest BCUT2D eigenvalue weighted by atomic mass is 9.97. The van der Waals surface area contributed by atoms with E-state index in [1.807, 2.05) is 6.07 Å². The van der Waals surface area contributed by atoms with Gasteiger partial charge in [-0.1, -0.05) is 32.3 Å². The topological polar surface area (TPSA) is 41.3 Å². The van der Waals surface area contributed by atoms with E-state index >= 15 is 0 Å². The Morgan fingerprint density at radius 2 is 2.39 bits per heavy atom. The Morgan fingerprint density at radius 3 is 3.00 bits per heavy atom. The summed E-state index contributed by atoms with van der Waals surface area (Å²) in [7, 11) is 0. The molecule has 1 aromatic heterocycles. The fraction of sp³-hybridized carbons (Fsp3) is 0.786. The molecule has 2 heterocycles. The Bertz CT molecular complexity index is 337. The highest BCUT2D eigenvalue weighted by atomic mass is 16.5. The summed E-state index contributed by atoms with van der Waals surface area (Å²) in [6, 6.07) is 3.17. The van der Waals surface area contributed by atoms with Crippen molar-refractivity contribution in [1.29, 1.82) is 0 Å². The van der Waals surface area contributed by atoms with Crippen molar-refractivity contribution in [2.24, 2.45) is 5.92 Å². The SMILES string of the molecule is CCCC1CN(Cc2ccno2)C(C(C)C)CN1. The van der Waals surface area contributed by atoms with Crippen LogP contribution in [-0.4, -0.2) is 35.2 Å². The number of nitrogens with zero attached hydrogens (tertiary/aromatic N) is 2. The molecule has 1 N–H and O–H groups in total. The summed E-state index contributed by atoms with van der Waals surface area (Å²) in [5.74, 6) is 1.63. The zero-order chi connectivity index (χ0) is 13.0. The Labute approximate surface area is 110 Å². The molecule has 1 aliphatic rings. The molecule has 0 aliphatic carbocycles. The first-order valence-corrected chi connectivity index (χ1v) is 7.07. The van der Waals surface area contributed by atoms with E-state index in [4.69, 9.17) is 4.52 Å². The molecule has 1 aliphatic heterocycles. The third kappa shape index (κ3) is 3.33. The van der Waals surface area contributed by atoms with Crippen LogP contribution in [0.15, 0.2) is 16.8 Å². The van der Waals surface area contributed by atoms with Gasteiger partial charge in [0.05, 0.1) is 12.7 Å². The van der Waals surface area contributed by atoms with E-state index in [0.29, 0.717) is 18.0 Å². The molecule has 2 unspecified atom stereocenters. The lowest BCUT2D eigenvalue weighted by molar-refractivity contribution is 0.0795. The lowest BCUT2D eigenvalue weighted by Gasteiger charge is -2.42. The largest absolute Gasteiger partial charge is 0.360 e. The highest BCUT2D eigenvalue weighted by Gasteiger charge is 2.29. The maximum absolute atomic E-state index is 5.25. The number of rotatable bonds is 5. The summed E-state index contributed by atoms with van der Waals surface area (Å²) in [5.41, 5.74) is 0. The molecule has 0 saturated carbocycles. The first-order chi connectivity index (χ1) is 8.70. The van der Waals surface area contributed by atoms with Crippen LogP contribution in [0.4, 0.5) is 0 Å². The molecule has 4 heteroatoms. The molecule has 0 bridgehead atoms. The monoisotopic (exact) mass is 251 g/mol. The van der Waals surface area contributed by atoms with Crippen LogP contribution in [0.25, 0.3) is 0 Å². The van der Waals surface area contributed by atoms with E-state index in [0.717, 1.165) is 25.4 Å². The summed E-state index contributed by atoms with van der Waals surface area (Å²) in [4.78, 5) is 2.54. The molecule has 4 nitrogen and oxygen atoms in total. The molecule has 2 atom stereocenters. The lowest BCUT2D eigenvalue weighted by Crippen LogP contribution is -2.57. The highest BCUT2D eigenvalue weighted by molar-refractivity contribution is 4.96. The van der Waals surface area contributed by atoms with Gasteiger partial charge in [0.1, 0.15) is 0 Å². The van der Waals surface area contributed by atoms with Crippen LogP contribution in [0, 0.1) is 5.92 Å². The third-order valence-electron chi connectivity index (χ3n) is 3.80. The quantitative estimate of drug-likeness (QED) is 0.871. The Balaban J connectivity index is 2.00. The van der Waals surface area contributed by atoms with Gasteiger partial charge in [-0.2, -0.15) is 0 Å². The van der Waals surface area contributed by atoms with Crippen LogP contribution in [0.3, 0.4) is 0 Å². The van der Waals surface area contributed by atoms with Gasteiger partial charge in [0.2, 0.25) is 0 Å².